The number of methoxy groups -OCH3 is 1. The van der Waals surface area contributed by atoms with E-state index in [2.05, 4.69) is 10.6 Å². The quantitative estimate of drug-likeness (QED) is 0.898. The number of rotatable bonds is 4. The van der Waals surface area contributed by atoms with Crippen LogP contribution in [0.25, 0.3) is 0 Å². The number of carbonyl (C=O) groups excluding carboxylic acids is 1. The van der Waals surface area contributed by atoms with E-state index in [1.165, 1.54) is 0 Å². The summed E-state index contributed by atoms with van der Waals surface area (Å²) in [6.07, 6.45) is 0.615. The normalized spacial score (nSPS) is 13.1. The van der Waals surface area contributed by atoms with E-state index in [0.29, 0.717) is 24.3 Å². The second-order valence-corrected chi connectivity index (χ2v) is 5.14. The fraction of sp³-hybridized carbons (Fsp3) is 0.312. The Morgan fingerprint density at radius 1 is 1.39 bits per heavy atom. The van der Waals surface area contributed by atoms with Crippen LogP contribution < -0.4 is 10.6 Å². The monoisotopic (exact) mass is 340 g/mol. The van der Waals surface area contributed by atoms with Crippen molar-refractivity contribution < 1.29 is 18.3 Å². The van der Waals surface area contributed by atoms with Gasteiger partial charge < -0.3 is 19.8 Å². The van der Waals surface area contributed by atoms with Crippen molar-refractivity contribution in [3.05, 3.63) is 52.7 Å². The fourth-order valence-electron chi connectivity index (χ4n) is 2.53. The molecule has 1 amide bonds. The van der Waals surface area contributed by atoms with Crippen LogP contribution in [0.1, 0.15) is 27.4 Å². The highest BCUT2D eigenvalue weighted by Gasteiger charge is 2.19. The van der Waals surface area contributed by atoms with E-state index in [-0.39, 0.29) is 36.3 Å². The fourth-order valence-corrected chi connectivity index (χ4v) is 2.53. The van der Waals surface area contributed by atoms with Crippen molar-refractivity contribution in [1.82, 2.24) is 5.32 Å². The zero-order valence-electron chi connectivity index (χ0n) is 12.6. The molecule has 1 aromatic heterocycles. The number of halogens is 2. The van der Waals surface area contributed by atoms with Crippen molar-refractivity contribution in [1.29, 1.82) is 0 Å². The van der Waals surface area contributed by atoms with Gasteiger partial charge in [0.1, 0.15) is 18.2 Å². The molecule has 0 unspecified atom stereocenters. The van der Waals surface area contributed by atoms with Crippen LogP contribution in [0.3, 0.4) is 0 Å². The summed E-state index contributed by atoms with van der Waals surface area (Å²) < 4.78 is 24.7. The Balaban J connectivity index is 0.00000192. The number of ether oxygens (including phenoxy) is 1. The minimum Gasteiger partial charge on any atom is -0.453 e. The lowest BCUT2D eigenvalue weighted by molar-refractivity contribution is 0.0987. The summed E-state index contributed by atoms with van der Waals surface area (Å²) in [5.41, 5.74) is 1.77. The first-order chi connectivity index (χ1) is 10.7. The second-order valence-electron chi connectivity index (χ2n) is 5.14. The SMILES string of the molecule is COCc1ccc(C(=O)Nc2ccc3c(c2F)CCNC3)o1.Cl. The summed E-state index contributed by atoms with van der Waals surface area (Å²) in [5.74, 6) is -0.165. The zero-order valence-corrected chi connectivity index (χ0v) is 13.5. The Kier molecular flexibility index (Phi) is 5.76. The average Bonchev–Trinajstić information content (AvgIpc) is 2.99. The standard InChI is InChI=1S/C16H17FN2O3.ClH/c1-21-9-11-3-5-14(22-11)16(20)19-13-4-2-10-8-18-7-6-12(10)15(13)17;/h2-5,18H,6-9H2,1H3,(H,19,20);1H. The molecule has 23 heavy (non-hydrogen) atoms. The largest absolute Gasteiger partial charge is 0.453 e. The van der Waals surface area contributed by atoms with E-state index >= 15 is 0 Å². The van der Waals surface area contributed by atoms with Crippen LogP contribution in [0.2, 0.25) is 0 Å². The van der Waals surface area contributed by atoms with Crippen LogP contribution in [-0.4, -0.2) is 19.6 Å². The smallest absolute Gasteiger partial charge is 0.291 e. The molecule has 0 spiro atoms. The van der Waals surface area contributed by atoms with Crippen molar-refractivity contribution in [3.8, 4) is 0 Å². The van der Waals surface area contributed by atoms with E-state index in [1.54, 1.807) is 25.3 Å². The molecule has 1 aliphatic heterocycles. The van der Waals surface area contributed by atoms with Gasteiger partial charge in [-0.15, -0.1) is 12.4 Å². The summed E-state index contributed by atoms with van der Waals surface area (Å²) in [5, 5.41) is 5.75. The number of furan rings is 1. The van der Waals surface area contributed by atoms with Crippen LogP contribution in [0.4, 0.5) is 10.1 Å². The van der Waals surface area contributed by atoms with Gasteiger partial charge in [-0.3, -0.25) is 4.79 Å². The minimum atomic E-state index is -0.477. The summed E-state index contributed by atoms with van der Waals surface area (Å²) in [6.45, 7) is 1.67. The molecule has 0 bridgehead atoms. The first-order valence-electron chi connectivity index (χ1n) is 7.09. The van der Waals surface area contributed by atoms with Crippen LogP contribution in [0.5, 0.6) is 0 Å². The molecule has 3 rings (SSSR count). The molecule has 0 saturated heterocycles. The third kappa shape index (κ3) is 3.72. The molecule has 0 atom stereocenters. The third-order valence-corrected chi connectivity index (χ3v) is 3.63. The highest BCUT2D eigenvalue weighted by atomic mass is 35.5. The summed E-state index contributed by atoms with van der Waals surface area (Å²) in [7, 11) is 1.54. The number of hydrogen-bond donors (Lipinski definition) is 2. The number of carbonyl (C=O) groups is 1. The molecule has 1 aromatic carbocycles. The van der Waals surface area contributed by atoms with E-state index in [9.17, 15) is 9.18 Å². The van der Waals surface area contributed by atoms with Crippen molar-refractivity contribution in [3.63, 3.8) is 0 Å². The van der Waals surface area contributed by atoms with Gasteiger partial charge in [0.25, 0.3) is 5.91 Å². The lowest BCUT2D eigenvalue weighted by Gasteiger charge is -2.19. The van der Waals surface area contributed by atoms with Crippen LogP contribution in [0, 0.1) is 5.82 Å². The Morgan fingerprint density at radius 3 is 3.00 bits per heavy atom. The molecule has 0 fully saturated rings. The molecule has 0 radical (unpaired) electrons. The highest BCUT2D eigenvalue weighted by molar-refractivity contribution is 6.02. The Bertz CT molecular complexity index is 703. The van der Waals surface area contributed by atoms with E-state index in [1.807, 2.05) is 6.07 Å². The van der Waals surface area contributed by atoms with Gasteiger partial charge >= 0.3 is 0 Å². The van der Waals surface area contributed by atoms with Crippen molar-refractivity contribution in [2.24, 2.45) is 0 Å². The number of fused-ring (bicyclic) bond motifs is 1. The van der Waals surface area contributed by atoms with Gasteiger partial charge in [-0.05, 0) is 42.3 Å². The van der Waals surface area contributed by atoms with Crippen LogP contribution in [-0.2, 0) is 24.3 Å². The molecule has 2 N–H and O–H groups in total. The number of nitrogens with one attached hydrogen (secondary N) is 2. The Labute approximate surface area is 139 Å². The number of benzene rings is 1. The number of hydrogen-bond acceptors (Lipinski definition) is 4. The minimum absolute atomic E-state index is 0. The summed E-state index contributed by atoms with van der Waals surface area (Å²) >= 11 is 0. The van der Waals surface area contributed by atoms with Gasteiger partial charge in [-0.2, -0.15) is 0 Å². The van der Waals surface area contributed by atoms with Gasteiger partial charge in [0.2, 0.25) is 0 Å². The van der Waals surface area contributed by atoms with Gasteiger partial charge in [-0.1, -0.05) is 6.07 Å². The topological polar surface area (TPSA) is 63.5 Å². The molecular weight excluding hydrogens is 323 g/mol. The maximum absolute atomic E-state index is 14.5. The lowest BCUT2D eigenvalue weighted by Crippen LogP contribution is -2.25. The first-order valence-corrected chi connectivity index (χ1v) is 7.09. The average molecular weight is 341 g/mol. The molecule has 124 valence electrons. The maximum Gasteiger partial charge on any atom is 0.291 e. The second kappa shape index (κ2) is 7.59. The van der Waals surface area contributed by atoms with Gasteiger partial charge in [0.15, 0.2) is 5.76 Å². The van der Waals surface area contributed by atoms with E-state index in [0.717, 1.165) is 12.1 Å². The molecular formula is C16H18ClFN2O3. The van der Waals surface area contributed by atoms with Crippen LogP contribution in [0.15, 0.2) is 28.7 Å². The van der Waals surface area contributed by atoms with Gasteiger partial charge in [-0.25, -0.2) is 4.39 Å². The molecule has 7 heteroatoms. The molecule has 2 heterocycles. The molecule has 0 aliphatic carbocycles. The molecule has 1 aliphatic rings. The highest BCUT2D eigenvalue weighted by Crippen LogP contribution is 2.25. The maximum atomic E-state index is 14.5. The zero-order chi connectivity index (χ0) is 15.5. The Hall–Kier alpha value is -1.89. The third-order valence-electron chi connectivity index (χ3n) is 3.63. The lowest BCUT2D eigenvalue weighted by atomic mass is 9.99. The molecule has 0 saturated carbocycles. The Morgan fingerprint density at radius 2 is 2.22 bits per heavy atom. The first kappa shape index (κ1) is 17.5. The van der Waals surface area contributed by atoms with Crippen molar-refractivity contribution in [2.45, 2.75) is 19.6 Å². The number of anilines is 1. The predicted octanol–water partition coefficient (Wildman–Crippen LogP) is 2.88. The molecule has 2 aromatic rings. The predicted molar refractivity (Wildman–Crippen MR) is 86.4 cm³/mol. The van der Waals surface area contributed by atoms with E-state index < -0.39 is 5.91 Å². The van der Waals surface area contributed by atoms with Crippen molar-refractivity contribution in [2.75, 3.05) is 19.0 Å². The van der Waals surface area contributed by atoms with Gasteiger partial charge in [0.05, 0.1) is 5.69 Å². The number of amides is 1. The van der Waals surface area contributed by atoms with Gasteiger partial charge in [0, 0.05) is 13.7 Å². The summed E-state index contributed by atoms with van der Waals surface area (Å²) in [6, 6.07) is 6.62. The van der Waals surface area contributed by atoms with Crippen LogP contribution >= 0.6 is 12.4 Å². The van der Waals surface area contributed by atoms with E-state index in [4.69, 9.17) is 9.15 Å². The molecule has 5 nitrogen and oxygen atoms in total. The summed E-state index contributed by atoms with van der Waals surface area (Å²) in [4.78, 5) is 12.1. The van der Waals surface area contributed by atoms with Crippen molar-refractivity contribution >= 4 is 24.0 Å².